The number of likely N-dealkylation sites (tertiary alicyclic amines) is 1. The van der Waals surface area contributed by atoms with E-state index < -0.39 is 43.4 Å². The first-order chi connectivity index (χ1) is 41.3. The molecule has 22 heteroatoms. The summed E-state index contributed by atoms with van der Waals surface area (Å²) in [4.78, 5) is 81.7. The lowest BCUT2D eigenvalue weighted by molar-refractivity contribution is -0.384. The number of nitro benzene ring substituents is 1. The summed E-state index contributed by atoms with van der Waals surface area (Å²) in [6, 6.07) is 25.6. The number of nitrogens with zero attached hydrogens (tertiary/aromatic N) is 7. The number of nitro groups is 1. The van der Waals surface area contributed by atoms with Gasteiger partial charge in [0.05, 0.1) is 21.6 Å². The average molecular weight is 1210 g/mol. The minimum atomic E-state index is -4.62. The van der Waals surface area contributed by atoms with Gasteiger partial charge in [0, 0.05) is 105 Å². The topological polar surface area (TPSA) is 236 Å². The van der Waals surface area contributed by atoms with Gasteiger partial charge in [-0.05, 0) is 166 Å². The van der Waals surface area contributed by atoms with Crippen molar-refractivity contribution in [2.75, 3.05) is 89.3 Å². The van der Waals surface area contributed by atoms with Crippen molar-refractivity contribution in [2.24, 2.45) is 11.3 Å². The Bertz CT molecular complexity index is 3710. The SMILES string of the molecule is CN(CCCc1cccc2c1CN(C1CCC(=O)NC1=O)C2=O)CCN1CCC(CNc2ccc(S(=O)(=O)NC(=O)c3ccc(N4CCN(CC5=C(c6ccc(Cl)cc6)CC(C)(C)CC5)CC4)cc3Oc3cnc4[nH]ccc4c3)cc2[N+](=O)[O-])CC1. The van der Waals surface area contributed by atoms with Crippen LogP contribution >= 0.6 is 11.6 Å². The van der Waals surface area contributed by atoms with Crippen molar-refractivity contribution in [3.8, 4) is 11.5 Å². The van der Waals surface area contributed by atoms with Crippen molar-refractivity contribution < 1.29 is 37.3 Å². The zero-order chi connectivity index (χ0) is 60.3. The summed E-state index contributed by atoms with van der Waals surface area (Å²) in [6.45, 7) is 13.7. The number of amides is 4. The number of aromatic amines is 1. The highest BCUT2D eigenvalue weighted by atomic mass is 35.5. The first kappa shape index (κ1) is 60.0. The molecule has 1 aliphatic carbocycles. The molecule has 1 atom stereocenters. The van der Waals surface area contributed by atoms with Crippen LogP contribution in [-0.2, 0) is 32.6 Å². The molecule has 2 aromatic heterocycles. The van der Waals surface area contributed by atoms with Crippen LogP contribution in [0.3, 0.4) is 0 Å². The van der Waals surface area contributed by atoms with E-state index in [0.29, 0.717) is 49.6 Å². The number of hydrogen-bond acceptors (Lipinski definition) is 15. The number of benzene rings is 4. The minimum Gasteiger partial charge on any atom is -0.455 e. The molecule has 86 heavy (non-hydrogen) atoms. The van der Waals surface area contributed by atoms with Gasteiger partial charge in [-0.15, -0.1) is 0 Å². The molecule has 4 aromatic carbocycles. The number of carbonyl (C=O) groups excluding carboxylic acids is 4. The normalized spacial score (nSPS) is 18.8. The molecule has 6 heterocycles. The number of piperazine rings is 1. The Labute approximate surface area is 506 Å². The molecule has 0 spiro atoms. The van der Waals surface area contributed by atoms with E-state index in [1.165, 1.54) is 35.0 Å². The van der Waals surface area contributed by atoms with Gasteiger partial charge in [-0.1, -0.05) is 55.3 Å². The highest BCUT2D eigenvalue weighted by molar-refractivity contribution is 7.90. The summed E-state index contributed by atoms with van der Waals surface area (Å²) in [6.07, 6.45) is 10.4. The van der Waals surface area contributed by atoms with Crippen molar-refractivity contribution >= 4 is 78.9 Å². The maximum Gasteiger partial charge on any atom is 0.293 e. The van der Waals surface area contributed by atoms with Crippen LogP contribution in [0.15, 0.2) is 114 Å². The van der Waals surface area contributed by atoms with Crippen molar-refractivity contribution in [3.05, 3.63) is 152 Å². The van der Waals surface area contributed by atoms with Gasteiger partial charge >= 0.3 is 0 Å². The fourth-order valence-corrected chi connectivity index (χ4v) is 13.8. The molecule has 4 N–H and O–H groups in total. The molecule has 6 aromatic rings. The molecule has 11 rings (SSSR count). The van der Waals surface area contributed by atoms with E-state index >= 15 is 0 Å². The Morgan fingerprint density at radius 1 is 0.919 bits per heavy atom. The highest BCUT2D eigenvalue weighted by Gasteiger charge is 2.40. The molecular weight excluding hydrogens is 1130 g/mol. The van der Waals surface area contributed by atoms with Gasteiger partial charge in [-0.3, -0.25) is 39.5 Å². The predicted octanol–water partition coefficient (Wildman–Crippen LogP) is 9.27. The van der Waals surface area contributed by atoms with Crippen LogP contribution < -0.4 is 25.0 Å². The van der Waals surface area contributed by atoms with Crippen LogP contribution in [-0.4, -0.2) is 152 Å². The van der Waals surface area contributed by atoms with Crippen LogP contribution in [0, 0.1) is 21.4 Å². The van der Waals surface area contributed by atoms with Gasteiger partial charge in [0.15, 0.2) is 0 Å². The average Bonchev–Trinajstić information content (AvgIpc) is 2.70. The monoisotopic (exact) mass is 1210 g/mol. The number of imide groups is 1. The van der Waals surface area contributed by atoms with Gasteiger partial charge in [-0.25, -0.2) is 18.1 Å². The maximum atomic E-state index is 14.2. The second kappa shape index (κ2) is 25.7. The van der Waals surface area contributed by atoms with Crippen LogP contribution in [0.5, 0.6) is 11.5 Å². The van der Waals surface area contributed by atoms with Gasteiger partial charge in [0.2, 0.25) is 11.8 Å². The number of anilines is 2. The molecule has 3 fully saturated rings. The number of rotatable bonds is 21. The molecule has 452 valence electrons. The number of halogens is 1. The van der Waals surface area contributed by atoms with E-state index in [2.05, 4.69) is 84.0 Å². The Morgan fingerprint density at radius 2 is 1.71 bits per heavy atom. The number of likely N-dealkylation sites (N-methyl/N-ethyl adjacent to an activating group) is 1. The number of allylic oxidation sites excluding steroid dienone is 1. The summed E-state index contributed by atoms with van der Waals surface area (Å²) in [5.74, 6) is -1.17. The highest BCUT2D eigenvalue weighted by Crippen LogP contribution is 2.44. The number of fused-ring (bicyclic) bond motifs is 2. The molecule has 0 bridgehead atoms. The lowest BCUT2D eigenvalue weighted by atomic mass is 9.72. The number of hydrogen-bond donors (Lipinski definition) is 4. The number of ether oxygens (including phenoxy) is 1. The van der Waals surface area contributed by atoms with E-state index in [1.54, 1.807) is 35.4 Å². The van der Waals surface area contributed by atoms with E-state index in [1.807, 2.05) is 30.3 Å². The minimum absolute atomic E-state index is 0.0521. The maximum absolute atomic E-state index is 14.2. The molecule has 0 radical (unpaired) electrons. The molecule has 0 saturated carbocycles. The predicted molar refractivity (Wildman–Crippen MR) is 331 cm³/mol. The number of aryl methyl sites for hydroxylation is 1. The number of nitrogens with one attached hydrogen (secondary N) is 4. The van der Waals surface area contributed by atoms with Gasteiger partial charge in [0.25, 0.3) is 27.5 Å². The molecule has 3 saturated heterocycles. The zero-order valence-corrected chi connectivity index (χ0v) is 50.5. The fraction of sp³-hybridized carbons (Fsp3) is 0.422. The lowest BCUT2D eigenvalue weighted by Crippen LogP contribution is -2.52. The van der Waals surface area contributed by atoms with E-state index in [0.717, 1.165) is 131 Å². The van der Waals surface area contributed by atoms with Crippen LogP contribution in [0.4, 0.5) is 17.1 Å². The number of sulfonamides is 1. The van der Waals surface area contributed by atoms with Crippen LogP contribution in [0.1, 0.15) is 103 Å². The summed E-state index contributed by atoms with van der Waals surface area (Å²) >= 11 is 6.27. The van der Waals surface area contributed by atoms with Crippen molar-refractivity contribution in [1.82, 2.24) is 39.6 Å². The van der Waals surface area contributed by atoms with Crippen molar-refractivity contribution in [1.29, 1.82) is 0 Å². The molecule has 4 amide bonds. The van der Waals surface area contributed by atoms with Crippen LogP contribution in [0.2, 0.25) is 5.02 Å². The van der Waals surface area contributed by atoms with E-state index in [-0.39, 0.29) is 46.6 Å². The fourth-order valence-electron chi connectivity index (χ4n) is 12.7. The largest absolute Gasteiger partial charge is 0.455 e. The third-order valence-electron chi connectivity index (χ3n) is 17.8. The number of piperidine rings is 2. The van der Waals surface area contributed by atoms with Crippen molar-refractivity contribution in [3.63, 3.8) is 0 Å². The summed E-state index contributed by atoms with van der Waals surface area (Å²) in [7, 11) is -2.52. The second-order valence-corrected chi connectivity index (χ2v) is 26.5. The number of aromatic nitrogens is 2. The number of carbonyl (C=O) groups is 4. The Morgan fingerprint density at radius 3 is 2.48 bits per heavy atom. The summed E-state index contributed by atoms with van der Waals surface area (Å²) in [5, 5.41) is 19.6. The standard InChI is InChI=1S/C64H74ClN11O9S/c1-64(2)23-19-46(53(37-64)44-9-11-47(65)12-10-44)40-73-30-32-74(33-31-73)48-13-15-52(58(35-48)85-49-34-45-20-24-66-60(45)68-39-49)61(78)70-86(83,84)50-14-16-55(57(36-50)76(81)82)67-38-42-21-26-72(27-22-42)29-28-71(3)25-5-7-43-6-4-8-51-54(43)41-75(63(51)80)56-17-18-59(77)69-62(56)79/h4,6,8-16,20,24,34-36,39,42,56,67H,5,7,17-19,21-23,25-33,37-38,40-41H2,1-3H3,(H,66,68)(H,70,78)(H,69,77,79). The number of pyridine rings is 1. The van der Waals surface area contributed by atoms with Gasteiger partial charge in [-0.2, -0.15) is 0 Å². The Kier molecular flexibility index (Phi) is 17.9. The van der Waals surface area contributed by atoms with E-state index in [9.17, 15) is 37.7 Å². The zero-order valence-electron chi connectivity index (χ0n) is 48.9. The smallest absolute Gasteiger partial charge is 0.293 e. The first-order valence-corrected chi connectivity index (χ1v) is 31.6. The summed E-state index contributed by atoms with van der Waals surface area (Å²) < 4.78 is 36.5. The van der Waals surface area contributed by atoms with Gasteiger partial charge in [0.1, 0.15) is 28.9 Å². The molecule has 1 unspecified atom stereocenters. The van der Waals surface area contributed by atoms with Crippen molar-refractivity contribution in [2.45, 2.75) is 89.1 Å². The molecule has 20 nitrogen and oxygen atoms in total. The third kappa shape index (κ3) is 13.9. The lowest BCUT2D eigenvalue weighted by Gasteiger charge is -2.39. The van der Waals surface area contributed by atoms with E-state index in [4.69, 9.17) is 16.3 Å². The Hall–Kier alpha value is -7.69. The molecular formula is C64H74ClN11O9S. The molecule has 4 aliphatic heterocycles. The first-order valence-electron chi connectivity index (χ1n) is 29.8. The van der Waals surface area contributed by atoms with Gasteiger partial charge < -0.3 is 34.6 Å². The second-order valence-electron chi connectivity index (χ2n) is 24.3. The Balaban J connectivity index is 0.674. The van der Waals surface area contributed by atoms with Crippen LogP contribution in [0.25, 0.3) is 16.6 Å². The molecule has 5 aliphatic rings. The number of H-pyrrole nitrogens is 1. The summed E-state index contributed by atoms with van der Waals surface area (Å²) in [5.41, 5.74) is 8.12. The third-order valence-corrected chi connectivity index (χ3v) is 19.4. The quantitative estimate of drug-likeness (QED) is 0.0299.